The lowest BCUT2D eigenvalue weighted by Gasteiger charge is -2.40. The summed E-state index contributed by atoms with van der Waals surface area (Å²) < 4.78 is 37.9. The smallest absolute Gasteiger partial charge is 0.339 e. The Hall–Kier alpha value is -1.48. The molecule has 2 aliphatic rings. The maximum atomic E-state index is 13.1. The van der Waals surface area contributed by atoms with Crippen LogP contribution in [0.3, 0.4) is 0 Å². The molecule has 0 bridgehead atoms. The van der Waals surface area contributed by atoms with E-state index in [1.54, 1.807) is 12.1 Å². The molecule has 0 aromatic heterocycles. The molecule has 2 fully saturated rings. The fraction of sp³-hybridized carbons (Fsp3) is 0.588. The number of morpholine rings is 1. The van der Waals surface area contributed by atoms with Gasteiger partial charge >= 0.3 is 5.97 Å². The molecule has 2 saturated heterocycles. The van der Waals surface area contributed by atoms with Gasteiger partial charge in [-0.05, 0) is 25.0 Å². The molecule has 0 amide bonds. The highest BCUT2D eigenvalue weighted by atomic mass is 32.2. The third-order valence-corrected chi connectivity index (χ3v) is 6.75. The number of esters is 1. The summed E-state index contributed by atoms with van der Waals surface area (Å²) in [4.78, 5) is 14.3. The van der Waals surface area contributed by atoms with E-state index in [1.807, 2.05) is 0 Å². The lowest BCUT2D eigenvalue weighted by molar-refractivity contribution is 0.00536. The Morgan fingerprint density at radius 1 is 1.20 bits per heavy atom. The summed E-state index contributed by atoms with van der Waals surface area (Å²) in [6, 6.07) is 6.42. The monoisotopic (exact) mass is 368 g/mol. The van der Waals surface area contributed by atoms with E-state index in [4.69, 9.17) is 9.47 Å². The molecule has 25 heavy (non-hydrogen) atoms. The van der Waals surface area contributed by atoms with Crippen LogP contribution in [-0.2, 0) is 19.5 Å². The van der Waals surface area contributed by atoms with Crippen molar-refractivity contribution in [2.45, 2.75) is 23.8 Å². The van der Waals surface area contributed by atoms with Crippen LogP contribution in [0.5, 0.6) is 0 Å². The van der Waals surface area contributed by atoms with Crippen molar-refractivity contribution in [1.29, 1.82) is 0 Å². The van der Waals surface area contributed by atoms with Gasteiger partial charge in [0, 0.05) is 32.2 Å². The van der Waals surface area contributed by atoms with E-state index >= 15 is 0 Å². The van der Waals surface area contributed by atoms with Crippen molar-refractivity contribution in [2.75, 3.05) is 46.5 Å². The number of methoxy groups -OCH3 is 1. The number of piperidine rings is 1. The van der Waals surface area contributed by atoms with Crippen molar-refractivity contribution >= 4 is 16.0 Å². The topological polar surface area (TPSA) is 76.2 Å². The maximum absolute atomic E-state index is 13.1. The van der Waals surface area contributed by atoms with Crippen molar-refractivity contribution in [3.63, 3.8) is 0 Å². The number of sulfonamides is 1. The van der Waals surface area contributed by atoms with Gasteiger partial charge < -0.3 is 9.47 Å². The van der Waals surface area contributed by atoms with Crippen LogP contribution < -0.4 is 0 Å². The predicted octanol–water partition coefficient (Wildman–Crippen LogP) is 0.958. The van der Waals surface area contributed by atoms with Crippen molar-refractivity contribution in [1.82, 2.24) is 9.21 Å². The van der Waals surface area contributed by atoms with Crippen LogP contribution >= 0.6 is 0 Å². The van der Waals surface area contributed by atoms with E-state index in [1.165, 1.54) is 23.5 Å². The molecule has 0 aliphatic carbocycles. The second-order valence-electron chi connectivity index (χ2n) is 6.30. The molecule has 1 unspecified atom stereocenters. The maximum Gasteiger partial charge on any atom is 0.339 e. The average molecular weight is 368 g/mol. The van der Waals surface area contributed by atoms with Gasteiger partial charge in [0.1, 0.15) is 0 Å². The van der Waals surface area contributed by atoms with E-state index in [-0.39, 0.29) is 16.5 Å². The van der Waals surface area contributed by atoms with Crippen molar-refractivity contribution < 1.29 is 22.7 Å². The van der Waals surface area contributed by atoms with Crippen LogP contribution in [0.15, 0.2) is 29.2 Å². The molecule has 7 nitrogen and oxygen atoms in total. The fourth-order valence-corrected chi connectivity index (χ4v) is 5.18. The Kier molecular flexibility index (Phi) is 5.73. The van der Waals surface area contributed by atoms with Gasteiger partial charge in [-0.3, -0.25) is 4.90 Å². The van der Waals surface area contributed by atoms with E-state index < -0.39 is 16.0 Å². The third-order valence-electron chi connectivity index (χ3n) is 4.83. The van der Waals surface area contributed by atoms with Gasteiger partial charge in [-0.1, -0.05) is 12.1 Å². The van der Waals surface area contributed by atoms with Gasteiger partial charge in [0.15, 0.2) is 0 Å². The van der Waals surface area contributed by atoms with Gasteiger partial charge in [-0.2, -0.15) is 4.31 Å². The lowest BCUT2D eigenvalue weighted by atomic mass is 10.1. The molecule has 0 spiro atoms. The molecule has 1 aromatic carbocycles. The number of nitrogens with zero attached hydrogens (tertiary/aromatic N) is 2. The first kappa shape index (κ1) is 18.3. The normalized spacial score (nSPS) is 23.3. The van der Waals surface area contributed by atoms with E-state index in [0.717, 1.165) is 25.9 Å². The zero-order valence-corrected chi connectivity index (χ0v) is 15.2. The zero-order chi connectivity index (χ0) is 17.9. The first-order chi connectivity index (χ1) is 12.0. The van der Waals surface area contributed by atoms with E-state index in [2.05, 4.69) is 4.90 Å². The molecule has 0 N–H and O–H groups in total. The predicted molar refractivity (Wildman–Crippen MR) is 92.0 cm³/mol. The molecule has 2 aliphatic heterocycles. The number of hydrogen-bond donors (Lipinski definition) is 0. The molecule has 138 valence electrons. The highest BCUT2D eigenvalue weighted by molar-refractivity contribution is 7.89. The minimum absolute atomic E-state index is 0.0180. The first-order valence-electron chi connectivity index (χ1n) is 8.53. The molecular formula is C17H24N2O5S. The Bertz CT molecular complexity index is 716. The summed E-state index contributed by atoms with van der Waals surface area (Å²) in [6.07, 6.45) is 1.78. The van der Waals surface area contributed by atoms with E-state index in [9.17, 15) is 13.2 Å². The molecule has 8 heteroatoms. The van der Waals surface area contributed by atoms with Crippen LogP contribution in [-0.4, -0.2) is 76.1 Å². The summed E-state index contributed by atoms with van der Waals surface area (Å²) >= 11 is 0. The Morgan fingerprint density at radius 3 is 2.64 bits per heavy atom. The van der Waals surface area contributed by atoms with Crippen LogP contribution in [0.25, 0.3) is 0 Å². The molecule has 0 saturated carbocycles. The average Bonchev–Trinajstić information content (AvgIpc) is 2.68. The van der Waals surface area contributed by atoms with E-state index in [0.29, 0.717) is 26.3 Å². The van der Waals surface area contributed by atoms with Crippen molar-refractivity contribution in [3.8, 4) is 0 Å². The third kappa shape index (κ3) is 3.87. The van der Waals surface area contributed by atoms with Gasteiger partial charge in [-0.15, -0.1) is 0 Å². The van der Waals surface area contributed by atoms with Gasteiger partial charge in [0.25, 0.3) is 0 Å². The SMILES string of the molecule is COC(=O)c1ccccc1S(=O)(=O)N1CCCC(N2CCOCC2)C1. The summed E-state index contributed by atoms with van der Waals surface area (Å²) in [5.41, 5.74) is 0.0819. The number of carbonyl (C=O) groups excluding carboxylic acids is 1. The molecule has 3 rings (SSSR count). The van der Waals surface area contributed by atoms with Crippen LogP contribution in [0, 0.1) is 0 Å². The summed E-state index contributed by atoms with van der Waals surface area (Å²) in [7, 11) is -2.49. The zero-order valence-electron chi connectivity index (χ0n) is 14.4. The van der Waals surface area contributed by atoms with Gasteiger partial charge in [-0.25, -0.2) is 13.2 Å². The van der Waals surface area contributed by atoms with Crippen molar-refractivity contribution in [2.24, 2.45) is 0 Å². The standard InChI is InChI=1S/C17H24N2O5S/c1-23-17(20)15-6-2-3-7-16(15)25(21,22)19-8-4-5-14(13-19)18-9-11-24-12-10-18/h2-3,6-7,14H,4-5,8-13H2,1H3. The summed E-state index contributed by atoms with van der Waals surface area (Å²) in [5.74, 6) is -0.638. The molecule has 1 atom stereocenters. The van der Waals surface area contributed by atoms with Crippen molar-refractivity contribution in [3.05, 3.63) is 29.8 Å². The number of benzene rings is 1. The minimum atomic E-state index is -3.74. The number of rotatable bonds is 4. The van der Waals surface area contributed by atoms with Crippen LogP contribution in [0.4, 0.5) is 0 Å². The van der Waals surface area contributed by atoms with Crippen LogP contribution in [0.1, 0.15) is 23.2 Å². The minimum Gasteiger partial charge on any atom is -0.465 e. The Balaban J connectivity index is 1.83. The Labute approximate surface area is 148 Å². The molecule has 2 heterocycles. The van der Waals surface area contributed by atoms with Gasteiger partial charge in [0.2, 0.25) is 10.0 Å². The summed E-state index contributed by atoms with van der Waals surface area (Å²) in [6.45, 7) is 3.95. The number of hydrogen-bond acceptors (Lipinski definition) is 6. The van der Waals surface area contributed by atoms with Gasteiger partial charge in [0.05, 0.1) is 30.8 Å². The Morgan fingerprint density at radius 2 is 1.92 bits per heavy atom. The largest absolute Gasteiger partial charge is 0.465 e. The highest BCUT2D eigenvalue weighted by Crippen LogP contribution is 2.26. The molecule has 0 radical (unpaired) electrons. The first-order valence-corrected chi connectivity index (χ1v) is 9.97. The lowest BCUT2D eigenvalue weighted by Crippen LogP contribution is -2.52. The quantitative estimate of drug-likeness (QED) is 0.737. The molecular weight excluding hydrogens is 344 g/mol. The second-order valence-corrected chi connectivity index (χ2v) is 8.20. The molecule has 1 aromatic rings. The number of ether oxygens (including phenoxy) is 2. The number of carbonyl (C=O) groups is 1. The summed E-state index contributed by atoms with van der Waals surface area (Å²) in [5, 5.41) is 0. The highest BCUT2D eigenvalue weighted by Gasteiger charge is 2.35. The van der Waals surface area contributed by atoms with Crippen LogP contribution in [0.2, 0.25) is 0 Å². The fourth-order valence-electron chi connectivity index (χ4n) is 3.49. The second kappa shape index (κ2) is 7.82.